The maximum absolute atomic E-state index is 11.1. The van der Waals surface area contributed by atoms with E-state index in [0.717, 1.165) is 0 Å². The highest BCUT2D eigenvalue weighted by Gasteiger charge is 2.10. The fourth-order valence-corrected chi connectivity index (χ4v) is 1.80. The fourth-order valence-electron chi connectivity index (χ4n) is 1.80. The predicted octanol–water partition coefficient (Wildman–Crippen LogP) is 2.98. The third-order valence-corrected chi connectivity index (χ3v) is 2.84. The van der Waals surface area contributed by atoms with E-state index in [2.05, 4.69) is 5.29 Å². The number of hydrogen-bond donors (Lipinski definition) is 1. The molecular weight excluding hydrogens is 288 g/mol. The molecule has 22 heavy (non-hydrogen) atoms. The van der Waals surface area contributed by atoms with E-state index in [1.807, 2.05) is 0 Å². The second-order valence-corrected chi connectivity index (χ2v) is 4.27. The molecule has 2 aromatic carbocycles. The van der Waals surface area contributed by atoms with Gasteiger partial charge in [0, 0.05) is 0 Å². The molecule has 0 aliphatic heterocycles. The van der Waals surface area contributed by atoms with Crippen molar-refractivity contribution in [1.82, 2.24) is 0 Å². The Balaban J connectivity index is 2.16. The van der Waals surface area contributed by atoms with E-state index in [4.69, 9.17) is 14.6 Å². The molecule has 0 fully saturated rings. The maximum Gasteiger partial charge on any atom is 0.341 e. The molecule has 7 nitrogen and oxygen atoms in total. The van der Waals surface area contributed by atoms with Crippen molar-refractivity contribution < 1.29 is 19.4 Å². The zero-order valence-corrected chi connectivity index (χ0v) is 11.8. The van der Waals surface area contributed by atoms with Crippen LogP contribution in [0.4, 0.5) is 11.4 Å². The quantitative estimate of drug-likeness (QED) is 0.625. The summed E-state index contributed by atoms with van der Waals surface area (Å²) in [5, 5.41) is 12.8. The summed E-state index contributed by atoms with van der Waals surface area (Å²) in [6, 6.07) is 13.2. The van der Waals surface area contributed by atoms with Crippen molar-refractivity contribution in [2.45, 2.75) is 0 Å². The summed E-state index contributed by atoms with van der Waals surface area (Å²) in [5.41, 5.74) is 1.11. The van der Waals surface area contributed by atoms with Crippen LogP contribution in [0.25, 0.3) is 0 Å². The minimum atomic E-state index is -1.06. The van der Waals surface area contributed by atoms with Crippen LogP contribution in [0.5, 0.6) is 11.5 Å². The number of ether oxygens (including phenoxy) is 2. The molecule has 0 radical (unpaired) electrons. The van der Waals surface area contributed by atoms with Crippen LogP contribution in [0, 0.1) is 4.91 Å². The number of anilines is 2. The topological polar surface area (TPSA) is 88.4 Å². The monoisotopic (exact) mass is 302 g/mol. The Morgan fingerprint density at radius 1 is 1.05 bits per heavy atom. The minimum Gasteiger partial charge on any atom is -0.497 e. The smallest absolute Gasteiger partial charge is 0.341 e. The van der Waals surface area contributed by atoms with Gasteiger partial charge in [0.05, 0.1) is 23.8 Å². The normalized spacial score (nSPS) is 9.86. The maximum atomic E-state index is 11.1. The molecule has 0 bridgehead atoms. The Morgan fingerprint density at radius 2 is 1.55 bits per heavy atom. The lowest BCUT2D eigenvalue weighted by atomic mass is 10.2. The summed E-state index contributed by atoms with van der Waals surface area (Å²) in [5.74, 6) is 0.0113. The average Bonchev–Trinajstić information content (AvgIpc) is 2.55. The van der Waals surface area contributed by atoms with Gasteiger partial charge in [0.25, 0.3) is 0 Å². The molecule has 2 rings (SSSR count). The number of methoxy groups -OCH3 is 1. The molecule has 0 heterocycles. The molecule has 0 saturated carbocycles. The lowest BCUT2D eigenvalue weighted by Gasteiger charge is -2.16. The summed E-state index contributed by atoms with van der Waals surface area (Å²) in [4.78, 5) is 21.5. The molecule has 1 N–H and O–H groups in total. The van der Waals surface area contributed by atoms with Crippen molar-refractivity contribution in [3.8, 4) is 11.5 Å². The third kappa shape index (κ3) is 3.72. The molecular formula is C15H14N2O5. The number of aliphatic carboxylic acids is 1. The summed E-state index contributed by atoms with van der Waals surface area (Å²) < 4.78 is 10.1. The molecule has 0 aliphatic rings. The van der Waals surface area contributed by atoms with Crippen LogP contribution in [0.15, 0.2) is 53.8 Å². The molecule has 0 saturated heterocycles. The van der Waals surface area contributed by atoms with Gasteiger partial charge in [-0.3, -0.25) is 0 Å². The van der Waals surface area contributed by atoms with Gasteiger partial charge in [-0.05, 0) is 48.5 Å². The van der Waals surface area contributed by atoms with Crippen molar-refractivity contribution >= 4 is 17.3 Å². The lowest BCUT2D eigenvalue weighted by Crippen LogP contribution is -2.10. The van der Waals surface area contributed by atoms with Gasteiger partial charge in [-0.2, -0.15) is 5.01 Å². The van der Waals surface area contributed by atoms with Gasteiger partial charge in [0.15, 0.2) is 6.61 Å². The van der Waals surface area contributed by atoms with Crippen LogP contribution < -0.4 is 14.5 Å². The van der Waals surface area contributed by atoms with Gasteiger partial charge in [-0.25, -0.2) is 4.79 Å². The van der Waals surface area contributed by atoms with Gasteiger partial charge in [-0.15, -0.1) is 4.91 Å². The number of rotatable bonds is 7. The second kappa shape index (κ2) is 7.07. The summed E-state index contributed by atoms with van der Waals surface area (Å²) in [7, 11) is 1.56. The Bertz CT molecular complexity index is 640. The first-order valence-corrected chi connectivity index (χ1v) is 6.36. The molecule has 0 aliphatic carbocycles. The molecule has 0 spiro atoms. The Labute approximate surface area is 126 Å². The summed E-state index contributed by atoms with van der Waals surface area (Å²) >= 11 is 0. The zero-order chi connectivity index (χ0) is 15.9. The van der Waals surface area contributed by atoms with Crippen molar-refractivity contribution in [3.63, 3.8) is 0 Å². The van der Waals surface area contributed by atoms with E-state index >= 15 is 0 Å². The third-order valence-electron chi connectivity index (χ3n) is 2.84. The molecule has 114 valence electrons. The van der Waals surface area contributed by atoms with E-state index in [1.165, 1.54) is 5.01 Å². The highest BCUT2D eigenvalue weighted by Crippen LogP contribution is 2.28. The van der Waals surface area contributed by atoms with Gasteiger partial charge < -0.3 is 14.6 Å². The Hall–Kier alpha value is -3.09. The average molecular weight is 302 g/mol. The van der Waals surface area contributed by atoms with Crippen LogP contribution in [0.2, 0.25) is 0 Å². The fraction of sp³-hybridized carbons (Fsp3) is 0.133. The van der Waals surface area contributed by atoms with Gasteiger partial charge in [-0.1, -0.05) is 0 Å². The lowest BCUT2D eigenvalue weighted by molar-refractivity contribution is -0.139. The number of carboxylic acid groups (broad SMARTS) is 1. The van der Waals surface area contributed by atoms with E-state index in [1.54, 1.807) is 55.6 Å². The van der Waals surface area contributed by atoms with Crippen LogP contribution in [-0.2, 0) is 4.79 Å². The van der Waals surface area contributed by atoms with Crippen LogP contribution in [0.3, 0.4) is 0 Å². The molecule has 0 aromatic heterocycles. The second-order valence-electron chi connectivity index (χ2n) is 4.27. The Kier molecular flexibility index (Phi) is 4.92. The van der Waals surface area contributed by atoms with Gasteiger partial charge >= 0.3 is 5.97 Å². The van der Waals surface area contributed by atoms with Crippen LogP contribution >= 0.6 is 0 Å². The number of hydrogen-bond acceptors (Lipinski definition) is 5. The summed E-state index contributed by atoms with van der Waals surface area (Å²) in [6.45, 7) is -0.423. The molecule has 7 heteroatoms. The molecule has 2 aromatic rings. The molecule has 0 amide bonds. The first-order chi connectivity index (χ1) is 10.6. The minimum absolute atomic E-state index is 0.395. The van der Waals surface area contributed by atoms with Gasteiger partial charge in [0.1, 0.15) is 11.5 Å². The highest BCUT2D eigenvalue weighted by molar-refractivity contribution is 5.68. The van der Waals surface area contributed by atoms with E-state index in [0.29, 0.717) is 22.9 Å². The van der Waals surface area contributed by atoms with Crippen LogP contribution in [-0.4, -0.2) is 24.8 Å². The SMILES string of the molecule is COc1ccc(N(N=O)c2ccc(OCC(=O)O)cc2)cc1. The largest absolute Gasteiger partial charge is 0.497 e. The van der Waals surface area contributed by atoms with Crippen LogP contribution in [0.1, 0.15) is 0 Å². The van der Waals surface area contributed by atoms with Gasteiger partial charge in [0.2, 0.25) is 0 Å². The van der Waals surface area contributed by atoms with Crippen molar-refractivity contribution in [1.29, 1.82) is 0 Å². The highest BCUT2D eigenvalue weighted by atomic mass is 16.5. The first kappa shape index (κ1) is 15.3. The first-order valence-electron chi connectivity index (χ1n) is 6.36. The Morgan fingerprint density at radius 3 is 1.95 bits per heavy atom. The number of nitroso groups, excluding NO2 is 1. The van der Waals surface area contributed by atoms with E-state index in [9.17, 15) is 9.70 Å². The van der Waals surface area contributed by atoms with E-state index < -0.39 is 12.6 Å². The molecule has 0 unspecified atom stereocenters. The molecule has 0 atom stereocenters. The number of nitrogens with zero attached hydrogens (tertiary/aromatic N) is 2. The van der Waals surface area contributed by atoms with E-state index in [-0.39, 0.29) is 0 Å². The van der Waals surface area contributed by atoms with Crippen molar-refractivity contribution in [2.75, 3.05) is 18.7 Å². The van der Waals surface area contributed by atoms with Crippen molar-refractivity contribution in [3.05, 3.63) is 53.4 Å². The number of carbonyl (C=O) groups is 1. The predicted molar refractivity (Wildman–Crippen MR) is 80.5 cm³/mol. The number of carboxylic acids is 1. The summed E-state index contributed by atoms with van der Waals surface area (Å²) in [6.07, 6.45) is 0. The van der Waals surface area contributed by atoms with Crippen molar-refractivity contribution in [2.24, 2.45) is 5.29 Å². The number of benzene rings is 2. The standard InChI is InChI=1S/C15H14N2O5/c1-21-13-6-2-11(3-7-13)17(16-20)12-4-8-14(9-5-12)22-10-15(18)19/h2-9H,10H2,1H3,(H,18,19). The zero-order valence-electron chi connectivity index (χ0n) is 11.8.